The van der Waals surface area contributed by atoms with E-state index in [1.165, 1.54) is 14.2 Å². The summed E-state index contributed by atoms with van der Waals surface area (Å²) in [4.78, 5) is 26.0. The second kappa shape index (κ2) is 9.04. The Hall–Kier alpha value is -2.70. The van der Waals surface area contributed by atoms with Gasteiger partial charge in [0.15, 0.2) is 17.3 Å². The van der Waals surface area contributed by atoms with E-state index in [-0.39, 0.29) is 24.0 Å². The van der Waals surface area contributed by atoms with Crippen LogP contribution in [0.4, 0.5) is 0 Å². The number of ether oxygens (including phenoxy) is 3. The fourth-order valence-electron chi connectivity index (χ4n) is 4.63. The molecule has 0 saturated carbocycles. The summed E-state index contributed by atoms with van der Waals surface area (Å²) in [5, 5.41) is 3.83. The Labute approximate surface area is 196 Å². The standard InChI is InChI=1S/C24H23Cl2NO5/c1-30-20-7-5-14(23(31-2)24(20)32-3)15-11-21(29)27-18-9-13(10-19(28)22(15)18)12-4-6-16(25)17(26)8-12/h4-8,13,15H,9-11H2,1-3H3,(H,27,29). The molecule has 1 heterocycles. The fraction of sp³-hybridized carbons (Fsp3) is 0.333. The van der Waals surface area contributed by atoms with Gasteiger partial charge in [0, 0.05) is 35.6 Å². The molecule has 0 fully saturated rings. The predicted octanol–water partition coefficient (Wildman–Crippen LogP) is 5.02. The summed E-state index contributed by atoms with van der Waals surface area (Å²) in [6.45, 7) is 0. The molecule has 1 aliphatic carbocycles. The van der Waals surface area contributed by atoms with Gasteiger partial charge >= 0.3 is 0 Å². The third-order valence-corrected chi connectivity index (χ3v) is 6.80. The van der Waals surface area contributed by atoms with Crippen molar-refractivity contribution in [2.45, 2.75) is 31.1 Å². The third-order valence-electron chi connectivity index (χ3n) is 6.06. The zero-order valence-electron chi connectivity index (χ0n) is 18.0. The summed E-state index contributed by atoms with van der Waals surface area (Å²) in [5.41, 5.74) is 2.90. The van der Waals surface area contributed by atoms with Gasteiger partial charge in [-0.25, -0.2) is 0 Å². The normalized spacial score (nSPS) is 20.5. The van der Waals surface area contributed by atoms with Crippen LogP contribution in [-0.2, 0) is 9.59 Å². The Kier molecular flexibility index (Phi) is 6.35. The quantitative estimate of drug-likeness (QED) is 0.656. The van der Waals surface area contributed by atoms with Gasteiger partial charge in [-0.1, -0.05) is 35.3 Å². The number of carbonyl (C=O) groups excluding carboxylic acids is 2. The number of methoxy groups -OCH3 is 3. The molecule has 0 spiro atoms. The van der Waals surface area contributed by atoms with Crippen molar-refractivity contribution < 1.29 is 23.8 Å². The number of hydrogen-bond acceptors (Lipinski definition) is 5. The van der Waals surface area contributed by atoms with E-state index in [1.807, 2.05) is 12.1 Å². The van der Waals surface area contributed by atoms with Gasteiger partial charge in [-0.05, 0) is 36.1 Å². The van der Waals surface area contributed by atoms with Crippen LogP contribution in [-0.4, -0.2) is 33.0 Å². The Balaban J connectivity index is 1.77. The molecule has 2 aliphatic rings. The Morgan fingerprint density at radius 3 is 2.28 bits per heavy atom. The van der Waals surface area contributed by atoms with E-state index < -0.39 is 5.92 Å². The van der Waals surface area contributed by atoms with Crippen molar-refractivity contribution in [3.8, 4) is 17.2 Å². The highest BCUT2D eigenvalue weighted by Crippen LogP contribution is 2.49. The lowest BCUT2D eigenvalue weighted by Crippen LogP contribution is -2.38. The van der Waals surface area contributed by atoms with Crippen molar-refractivity contribution in [3.05, 3.63) is 62.8 Å². The number of ketones is 1. The summed E-state index contributed by atoms with van der Waals surface area (Å²) in [7, 11) is 4.59. The average molecular weight is 476 g/mol. The van der Waals surface area contributed by atoms with E-state index in [4.69, 9.17) is 37.4 Å². The third kappa shape index (κ3) is 3.93. The summed E-state index contributed by atoms with van der Waals surface area (Å²) in [6, 6.07) is 8.97. The maximum absolute atomic E-state index is 13.4. The van der Waals surface area contributed by atoms with E-state index >= 15 is 0 Å². The first-order chi connectivity index (χ1) is 15.4. The van der Waals surface area contributed by atoms with Crippen LogP contribution in [0, 0.1) is 0 Å². The van der Waals surface area contributed by atoms with E-state index in [2.05, 4.69) is 5.32 Å². The molecular weight excluding hydrogens is 453 g/mol. The highest BCUT2D eigenvalue weighted by atomic mass is 35.5. The van der Waals surface area contributed by atoms with Crippen LogP contribution in [0.25, 0.3) is 0 Å². The molecule has 32 heavy (non-hydrogen) atoms. The first kappa shape index (κ1) is 22.5. The van der Waals surface area contributed by atoms with Crippen molar-refractivity contribution in [3.63, 3.8) is 0 Å². The fourth-order valence-corrected chi connectivity index (χ4v) is 4.93. The number of hydrogen-bond donors (Lipinski definition) is 1. The zero-order chi connectivity index (χ0) is 23.0. The molecule has 1 amide bonds. The number of halogens is 2. The maximum Gasteiger partial charge on any atom is 0.225 e. The highest BCUT2D eigenvalue weighted by Gasteiger charge is 2.40. The van der Waals surface area contributed by atoms with Gasteiger partial charge in [0.2, 0.25) is 11.7 Å². The van der Waals surface area contributed by atoms with Gasteiger partial charge in [-0.15, -0.1) is 0 Å². The van der Waals surface area contributed by atoms with E-state index in [9.17, 15) is 9.59 Å². The van der Waals surface area contributed by atoms with E-state index in [0.29, 0.717) is 57.0 Å². The Morgan fingerprint density at radius 2 is 1.62 bits per heavy atom. The molecule has 8 heteroatoms. The van der Waals surface area contributed by atoms with Gasteiger partial charge in [0.25, 0.3) is 0 Å². The van der Waals surface area contributed by atoms with Gasteiger partial charge in [0.1, 0.15) is 0 Å². The molecule has 6 nitrogen and oxygen atoms in total. The number of allylic oxidation sites excluding steroid dienone is 2. The second-order valence-corrected chi connectivity index (χ2v) is 8.64. The molecule has 2 aromatic carbocycles. The van der Waals surface area contributed by atoms with Crippen molar-refractivity contribution in [2.24, 2.45) is 0 Å². The SMILES string of the molecule is COc1ccc(C2CC(=O)NC3=C2C(=O)CC(c2ccc(Cl)c(Cl)c2)C3)c(OC)c1OC. The van der Waals surface area contributed by atoms with Crippen LogP contribution >= 0.6 is 23.2 Å². The number of benzene rings is 2. The first-order valence-electron chi connectivity index (χ1n) is 10.2. The summed E-state index contributed by atoms with van der Waals surface area (Å²) < 4.78 is 16.5. The molecule has 0 radical (unpaired) electrons. The molecule has 2 aromatic rings. The van der Waals surface area contributed by atoms with Crippen molar-refractivity contribution >= 4 is 34.9 Å². The van der Waals surface area contributed by atoms with Gasteiger partial charge in [-0.3, -0.25) is 9.59 Å². The van der Waals surface area contributed by atoms with Gasteiger partial charge in [-0.2, -0.15) is 0 Å². The van der Waals surface area contributed by atoms with Gasteiger partial charge in [0.05, 0.1) is 31.4 Å². The molecule has 1 N–H and O–H groups in total. The molecule has 168 valence electrons. The topological polar surface area (TPSA) is 73.9 Å². The number of Topliss-reactive ketones (excluding diaryl/α,β-unsaturated/α-hetero) is 1. The molecular formula is C24H23Cl2NO5. The molecule has 0 saturated heterocycles. The second-order valence-electron chi connectivity index (χ2n) is 7.82. The monoisotopic (exact) mass is 475 g/mol. The number of rotatable bonds is 5. The van der Waals surface area contributed by atoms with Crippen LogP contribution in [0.15, 0.2) is 41.6 Å². The van der Waals surface area contributed by atoms with Gasteiger partial charge < -0.3 is 19.5 Å². The average Bonchev–Trinajstić information content (AvgIpc) is 2.78. The molecule has 0 aromatic heterocycles. The molecule has 2 atom stereocenters. The van der Waals surface area contributed by atoms with Crippen LogP contribution in [0.5, 0.6) is 17.2 Å². The lowest BCUT2D eigenvalue weighted by molar-refractivity contribution is -0.122. The largest absolute Gasteiger partial charge is 0.493 e. The molecule has 2 unspecified atom stereocenters. The summed E-state index contributed by atoms with van der Waals surface area (Å²) in [6.07, 6.45) is 0.990. The predicted molar refractivity (Wildman–Crippen MR) is 122 cm³/mol. The first-order valence-corrected chi connectivity index (χ1v) is 10.9. The minimum atomic E-state index is -0.434. The van der Waals surface area contributed by atoms with Crippen LogP contribution in [0.3, 0.4) is 0 Å². The van der Waals surface area contributed by atoms with E-state index in [0.717, 1.165) is 5.56 Å². The van der Waals surface area contributed by atoms with Crippen molar-refractivity contribution in [1.82, 2.24) is 5.32 Å². The molecule has 0 bridgehead atoms. The van der Waals surface area contributed by atoms with E-state index in [1.54, 1.807) is 25.3 Å². The summed E-state index contributed by atoms with van der Waals surface area (Å²) >= 11 is 12.2. The zero-order valence-corrected chi connectivity index (χ0v) is 19.5. The molecule has 4 rings (SSSR count). The lowest BCUT2D eigenvalue weighted by Gasteiger charge is -2.35. The summed E-state index contributed by atoms with van der Waals surface area (Å²) in [5.74, 6) is 0.711. The number of carbonyl (C=O) groups is 2. The van der Waals surface area contributed by atoms with Crippen LogP contribution < -0.4 is 19.5 Å². The number of nitrogens with one attached hydrogen (secondary N) is 1. The lowest BCUT2D eigenvalue weighted by atomic mass is 9.73. The highest BCUT2D eigenvalue weighted by molar-refractivity contribution is 6.42. The van der Waals surface area contributed by atoms with Crippen molar-refractivity contribution in [1.29, 1.82) is 0 Å². The van der Waals surface area contributed by atoms with Crippen LogP contribution in [0.1, 0.15) is 42.2 Å². The molecule has 1 aliphatic heterocycles. The number of amides is 1. The minimum absolute atomic E-state index is 0.0100. The van der Waals surface area contributed by atoms with Crippen molar-refractivity contribution in [2.75, 3.05) is 21.3 Å². The maximum atomic E-state index is 13.4. The Bertz CT molecular complexity index is 1130. The minimum Gasteiger partial charge on any atom is -0.493 e. The smallest absolute Gasteiger partial charge is 0.225 e. The van der Waals surface area contributed by atoms with Crippen LogP contribution in [0.2, 0.25) is 10.0 Å². The Morgan fingerprint density at radius 1 is 0.875 bits per heavy atom.